The van der Waals surface area contributed by atoms with Crippen molar-refractivity contribution in [3.05, 3.63) is 0 Å². The van der Waals surface area contributed by atoms with Gasteiger partial charge in [-0.05, 0) is 5.04 Å². The Bertz CT molecular complexity index is 63.5. The SMILES string of the molecule is B[Si](C)(C)C(C)(C)C. The molecule has 0 rings (SSSR count). The van der Waals surface area contributed by atoms with Crippen molar-refractivity contribution >= 4 is 15.4 Å². The molecule has 0 saturated heterocycles. The molecule has 48 valence electrons. The molecule has 0 aromatic heterocycles. The van der Waals surface area contributed by atoms with E-state index in [2.05, 4.69) is 41.3 Å². The highest BCUT2D eigenvalue weighted by Crippen LogP contribution is 2.32. The van der Waals surface area contributed by atoms with Crippen LogP contribution in [0.1, 0.15) is 20.8 Å². The molecule has 0 atom stereocenters. The quantitative estimate of drug-likeness (QED) is 0.435. The van der Waals surface area contributed by atoms with Crippen LogP contribution in [0.15, 0.2) is 0 Å². The smallest absolute Gasteiger partial charge is 0.0748 e. The zero-order valence-corrected chi connectivity index (χ0v) is 8.00. The van der Waals surface area contributed by atoms with E-state index < -0.39 is 7.94 Å². The summed E-state index contributed by atoms with van der Waals surface area (Å²) < 4.78 is 0. The molecule has 0 bridgehead atoms. The van der Waals surface area contributed by atoms with Gasteiger partial charge in [0, 0.05) is 7.94 Å². The molecule has 2 heteroatoms. The second-order valence-electron chi connectivity index (χ2n) is 4.50. The van der Waals surface area contributed by atoms with Gasteiger partial charge in [-0.3, -0.25) is 0 Å². The van der Waals surface area contributed by atoms with E-state index in [4.69, 9.17) is 0 Å². The Morgan fingerprint density at radius 3 is 1.25 bits per heavy atom. The van der Waals surface area contributed by atoms with Gasteiger partial charge in [0.2, 0.25) is 0 Å². The zero-order chi connectivity index (χ0) is 7.00. The van der Waals surface area contributed by atoms with E-state index in [1.807, 2.05) is 0 Å². The Hall–Kier alpha value is 0.282. The molecule has 0 aliphatic rings. The first-order chi connectivity index (χ1) is 3.25. The van der Waals surface area contributed by atoms with Gasteiger partial charge in [0.1, 0.15) is 0 Å². The molecule has 0 aromatic carbocycles. The lowest BCUT2D eigenvalue weighted by molar-refractivity contribution is 0.735. The van der Waals surface area contributed by atoms with Crippen LogP contribution in [-0.4, -0.2) is 15.4 Å². The Kier molecular flexibility index (Phi) is 1.97. The molecule has 0 aliphatic heterocycles. The lowest BCUT2D eigenvalue weighted by Crippen LogP contribution is -2.37. The average Bonchev–Trinajstić information content (AvgIpc) is 1.25. The Balaban J connectivity index is 4.02. The van der Waals surface area contributed by atoms with Crippen molar-refractivity contribution in [2.45, 2.75) is 38.9 Å². The van der Waals surface area contributed by atoms with Crippen LogP contribution in [0.4, 0.5) is 0 Å². The first-order valence-corrected chi connectivity index (χ1v) is 6.75. The molecule has 0 aromatic rings. The van der Waals surface area contributed by atoms with Crippen molar-refractivity contribution in [1.82, 2.24) is 0 Å². The fraction of sp³-hybridized carbons (Fsp3) is 1.00. The van der Waals surface area contributed by atoms with Gasteiger partial charge in [0.15, 0.2) is 0 Å². The predicted molar refractivity (Wildman–Crippen MR) is 45.7 cm³/mol. The van der Waals surface area contributed by atoms with Gasteiger partial charge in [-0.25, -0.2) is 0 Å². The number of hydrogen-bond donors (Lipinski definition) is 0. The van der Waals surface area contributed by atoms with Gasteiger partial charge < -0.3 is 0 Å². The molecule has 0 aliphatic carbocycles. The molecule has 0 radical (unpaired) electrons. The maximum absolute atomic E-state index is 2.41. The summed E-state index contributed by atoms with van der Waals surface area (Å²) in [6.45, 7) is 11.8. The van der Waals surface area contributed by atoms with Crippen LogP contribution in [0.25, 0.3) is 0 Å². The van der Waals surface area contributed by atoms with E-state index in [0.29, 0.717) is 5.04 Å². The Morgan fingerprint density at radius 2 is 1.25 bits per heavy atom. The summed E-state index contributed by atoms with van der Waals surface area (Å²) in [6, 6.07) is 0. The first-order valence-electron chi connectivity index (χ1n) is 3.25. The number of rotatable bonds is 0. The number of hydrogen-bond acceptors (Lipinski definition) is 0. The minimum Gasteiger partial charge on any atom is -0.0748 e. The summed E-state index contributed by atoms with van der Waals surface area (Å²) in [5.41, 5.74) is 0. The van der Waals surface area contributed by atoms with Crippen molar-refractivity contribution in [2.24, 2.45) is 0 Å². The minimum atomic E-state index is -0.859. The highest BCUT2D eigenvalue weighted by Gasteiger charge is 2.28. The van der Waals surface area contributed by atoms with Crippen molar-refractivity contribution in [3.63, 3.8) is 0 Å². The van der Waals surface area contributed by atoms with E-state index in [1.54, 1.807) is 0 Å². The van der Waals surface area contributed by atoms with Gasteiger partial charge in [-0.2, -0.15) is 0 Å². The van der Waals surface area contributed by atoms with Crippen LogP contribution in [0, 0.1) is 0 Å². The van der Waals surface area contributed by atoms with Gasteiger partial charge in [-0.15, -0.1) is 0 Å². The Morgan fingerprint density at radius 1 is 1.12 bits per heavy atom. The zero-order valence-electron chi connectivity index (χ0n) is 7.00. The molecule has 0 unspecified atom stereocenters. The summed E-state index contributed by atoms with van der Waals surface area (Å²) in [7, 11) is 1.55. The molecule has 0 nitrogen and oxygen atoms in total. The van der Waals surface area contributed by atoms with Crippen LogP contribution in [0.2, 0.25) is 18.1 Å². The van der Waals surface area contributed by atoms with Crippen LogP contribution in [0.3, 0.4) is 0 Å². The average molecular weight is 128 g/mol. The lowest BCUT2D eigenvalue weighted by Gasteiger charge is -2.33. The Labute approximate surface area is 55.0 Å². The molecule has 0 amide bonds. The molecular weight excluding hydrogens is 111 g/mol. The normalized spacial score (nSPS) is 14.1. The molecule has 0 fully saturated rings. The summed E-state index contributed by atoms with van der Waals surface area (Å²) in [4.78, 5) is 0. The van der Waals surface area contributed by atoms with Crippen LogP contribution < -0.4 is 0 Å². The maximum Gasteiger partial charge on any atom is 0.0972 e. The summed E-state index contributed by atoms with van der Waals surface area (Å²) in [5.74, 6) is 0. The van der Waals surface area contributed by atoms with E-state index in [0.717, 1.165) is 0 Å². The summed E-state index contributed by atoms with van der Waals surface area (Å²) in [5, 5.41) is 0.576. The van der Waals surface area contributed by atoms with Crippen LogP contribution >= 0.6 is 0 Å². The van der Waals surface area contributed by atoms with Gasteiger partial charge >= 0.3 is 0 Å². The highest BCUT2D eigenvalue weighted by molar-refractivity contribution is 7.17. The standard InChI is InChI=1S/C6H17BSi/c1-6(2,3)8(4,5)7/h7H2,1-5H3. The third-order valence-corrected chi connectivity index (χ3v) is 6.75. The maximum atomic E-state index is 2.41. The van der Waals surface area contributed by atoms with E-state index in [-0.39, 0.29) is 0 Å². The molecule has 0 spiro atoms. The highest BCUT2D eigenvalue weighted by atomic mass is 28.3. The van der Waals surface area contributed by atoms with Gasteiger partial charge in [0.05, 0.1) is 7.44 Å². The predicted octanol–water partition coefficient (Wildman–Crippen LogP) is 1.62. The summed E-state index contributed by atoms with van der Waals surface area (Å²) >= 11 is 0. The third-order valence-electron chi connectivity index (χ3n) is 2.25. The van der Waals surface area contributed by atoms with Crippen molar-refractivity contribution < 1.29 is 0 Å². The first kappa shape index (κ1) is 8.28. The van der Waals surface area contributed by atoms with Crippen molar-refractivity contribution in [2.75, 3.05) is 0 Å². The van der Waals surface area contributed by atoms with E-state index in [9.17, 15) is 0 Å². The lowest BCUT2D eigenvalue weighted by atomic mass is 10.2. The second kappa shape index (κ2) is 1.90. The molecule has 0 heterocycles. The van der Waals surface area contributed by atoms with Crippen LogP contribution in [-0.2, 0) is 0 Å². The van der Waals surface area contributed by atoms with Gasteiger partial charge in [-0.1, -0.05) is 33.9 Å². The van der Waals surface area contributed by atoms with Crippen molar-refractivity contribution in [3.8, 4) is 0 Å². The summed E-state index contributed by atoms with van der Waals surface area (Å²) in [6.07, 6.45) is 0. The third kappa shape index (κ3) is 2.03. The molecule has 8 heavy (non-hydrogen) atoms. The fourth-order valence-electron chi connectivity index (χ4n) is 0. The fourth-order valence-corrected chi connectivity index (χ4v) is 0. The van der Waals surface area contributed by atoms with E-state index in [1.165, 1.54) is 0 Å². The van der Waals surface area contributed by atoms with Gasteiger partial charge in [0.25, 0.3) is 0 Å². The second-order valence-corrected chi connectivity index (χ2v) is 10.5. The molecule has 0 N–H and O–H groups in total. The topological polar surface area (TPSA) is 0 Å². The molecular formula is C6H17BSi. The molecule has 0 saturated carbocycles. The van der Waals surface area contributed by atoms with E-state index >= 15 is 0 Å². The monoisotopic (exact) mass is 128 g/mol. The van der Waals surface area contributed by atoms with Crippen LogP contribution in [0.5, 0.6) is 0 Å². The van der Waals surface area contributed by atoms with Crippen molar-refractivity contribution in [1.29, 1.82) is 0 Å². The largest absolute Gasteiger partial charge is 0.0972 e. The minimum absolute atomic E-state index is 0.576.